The van der Waals surface area contributed by atoms with Crippen molar-refractivity contribution >= 4 is 53.5 Å². The molecule has 0 N–H and O–H groups in total. The third-order valence-electron chi connectivity index (χ3n) is 6.56. The number of carbonyl (C=O) groups excluding carboxylic acids is 9. The van der Waals surface area contributed by atoms with Crippen LogP contribution in [0.1, 0.15) is 91.4 Å². The number of ether oxygens (including phenoxy) is 11. The highest BCUT2D eigenvalue weighted by atomic mass is 16.7. The number of esters is 5. The SMILES string of the molecule is CCOC(=O)C(=O)CC(=O)C(OC)OC.CCOC(=O)C(=O)OCC.CCOC(=O)c1cc(C(OC)OC)nn1C.CCOC(=O)c1cc(C=O)nn1C.COC(OC)C(C)=O. The van der Waals surface area contributed by atoms with Crippen LogP contribution < -0.4 is 0 Å². The summed E-state index contributed by atoms with van der Waals surface area (Å²) in [5.74, 6) is -5.38. The molecule has 0 aliphatic carbocycles. The molecule has 24 heteroatoms. The van der Waals surface area contributed by atoms with Gasteiger partial charge in [-0.2, -0.15) is 10.2 Å². The van der Waals surface area contributed by atoms with E-state index in [2.05, 4.69) is 43.4 Å². The zero-order valence-electron chi connectivity index (χ0n) is 37.7. The van der Waals surface area contributed by atoms with Gasteiger partial charge in [0.25, 0.3) is 0 Å². The molecule has 2 rings (SSSR count). The zero-order chi connectivity index (χ0) is 48.4. The van der Waals surface area contributed by atoms with Crippen LogP contribution in [0.2, 0.25) is 0 Å². The lowest BCUT2D eigenvalue weighted by Gasteiger charge is -2.10. The lowest BCUT2D eigenvalue weighted by atomic mass is 10.2. The average Bonchev–Trinajstić information content (AvgIpc) is 3.82. The highest BCUT2D eigenvalue weighted by molar-refractivity contribution is 6.37. The largest absolute Gasteiger partial charge is 0.461 e. The molecule has 0 bridgehead atoms. The van der Waals surface area contributed by atoms with E-state index in [9.17, 15) is 43.2 Å². The van der Waals surface area contributed by atoms with Gasteiger partial charge >= 0.3 is 29.8 Å². The summed E-state index contributed by atoms with van der Waals surface area (Å²) >= 11 is 0. The maximum absolute atomic E-state index is 11.5. The number of methoxy groups -OCH3 is 6. The van der Waals surface area contributed by atoms with Crippen LogP contribution in [0.15, 0.2) is 12.1 Å². The van der Waals surface area contributed by atoms with Gasteiger partial charge in [0, 0.05) is 62.8 Å². The van der Waals surface area contributed by atoms with E-state index in [1.165, 1.54) is 65.0 Å². The van der Waals surface area contributed by atoms with Crippen LogP contribution in [0.25, 0.3) is 0 Å². The number of carbonyl (C=O) groups is 9. The zero-order valence-corrected chi connectivity index (χ0v) is 37.7. The normalized spacial score (nSPS) is 9.95. The Morgan fingerprint density at radius 1 is 0.565 bits per heavy atom. The Bertz CT molecular complexity index is 1660. The van der Waals surface area contributed by atoms with Crippen molar-refractivity contribution < 1.29 is 95.3 Å². The first kappa shape index (κ1) is 60.5. The minimum absolute atomic E-state index is 0.0940. The van der Waals surface area contributed by atoms with Crippen LogP contribution in [0.5, 0.6) is 0 Å². The number of aromatic nitrogens is 4. The lowest BCUT2D eigenvalue weighted by Crippen LogP contribution is -2.30. The summed E-state index contributed by atoms with van der Waals surface area (Å²) in [5.41, 5.74) is 1.42. The Kier molecular flexibility index (Phi) is 35.1. The molecular formula is C38H60N4O20. The van der Waals surface area contributed by atoms with Gasteiger partial charge < -0.3 is 52.1 Å². The number of rotatable bonds is 20. The molecule has 0 aromatic carbocycles. The number of hydrogen-bond donors (Lipinski definition) is 0. The molecule has 0 radical (unpaired) electrons. The molecule has 0 atom stereocenters. The molecule has 352 valence electrons. The molecule has 0 saturated carbocycles. The molecule has 2 aromatic heterocycles. The van der Waals surface area contributed by atoms with E-state index in [1.807, 2.05) is 0 Å². The fraction of sp³-hybridized carbons (Fsp3) is 0.605. The minimum atomic E-state index is -1.12. The summed E-state index contributed by atoms with van der Waals surface area (Å²) in [4.78, 5) is 97.5. The van der Waals surface area contributed by atoms with Gasteiger partial charge in [-0.05, 0) is 47.6 Å². The second kappa shape index (κ2) is 35.9. The summed E-state index contributed by atoms with van der Waals surface area (Å²) in [7, 11) is 11.6. The van der Waals surface area contributed by atoms with Gasteiger partial charge in [-0.3, -0.25) is 28.5 Å². The minimum Gasteiger partial charge on any atom is -0.461 e. The van der Waals surface area contributed by atoms with Crippen LogP contribution in [0.4, 0.5) is 0 Å². The molecule has 2 aromatic rings. The van der Waals surface area contributed by atoms with E-state index >= 15 is 0 Å². The van der Waals surface area contributed by atoms with Crippen LogP contribution in [-0.4, -0.2) is 161 Å². The van der Waals surface area contributed by atoms with E-state index in [1.54, 1.807) is 54.8 Å². The number of Topliss-reactive ketones (excluding diaryl/α,β-unsaturated/α-hetero) is 3. The topological polar surface area (TPSA) is 291 Å². The van der Waals surface area contributed by atoms with Gasteiger partial charge in [-0.25, -0.2) is 24.0 Å². The first-order chi connectivity index (χ1) is 29.3. The van der Waals surface area contributed by atoms with E-state index in [0.717, 1.165) is 0 Å². The van der Waals surface area contributed by atoms with E-state index in [4.69, 9.17) is 18.9 Å². The number of hydrogen-bond acceptors (Lipinski definition) is 22. The van der Waals surface area contributed by atoms with Crippen LogP contribution in [0, 0.1) is 0 Å². The van der Waals surface area contributed by atoms with Gasteiger partial charge in [0.1, 0.15) is 22.8 Å². The monoisotopic (exact) mass is 892 g/mol. The molecule has 0 spiro atoms. The van der Waals surface area contributed by atoms with Crippen LogP contribution >= 0.6 is 0 Å². The van der Waals surface area contributed by atoms with Crippen molar-refractivity contribution in [3.63, 3.8) is 0 Å². The molecule has 2 heterocycles. The Balaban J connectivity index is -0.000000716. The molecule has 0 amide bonds. The predicted molar refractivity (Wildman–Crippen MR) is 211 cm³/mol. The third-order valence-corrected chi connectivity index (χ3v) is 6.56. The summed E-state index contributed by atoms with van der Waals surface area (Å²) < 4.78 is 54.0. The molecule has 0 aliphatic rings. The molecule has 0 aliphatic heterocycles. The van der Waals surface area contributed by atoms with E-state index in [-0.39, 0.29) is 37.0 Å². The number of aryl methyl sites for hydroxylation is 2. The Morgan fingerprint density at radius 3 is 1.27 bits per heavy atom. The number of aldehydes is 1. The molecule has 62 heavy (non-hydrogen) atoms. The summed E-state index contributed by atoms with van der Waals surface area (Å²) in [6, 6.07) is 2.99. The van der Waals surface area contributed by atoms with Gasteiger partial charge in [0.15, 0.2) is 17.9 Å². The van der Waals surface area contributed by atoms with Crippen molar-refractivity contribution in [3.8, 4) is 0 Å². The second-order valence-corrected chi connectivity index (χ2v) is 11.0. The first-order valence-corrected chi connectivity index (χ1v) is 18.4. The molecular weight excluding hydrogens is 832 g/mol. The fourth-order valence-electron chi connectivity index (χ4n) is 3.97. The fourth-order valence-corrected chi connectivity index (χ4v) is 3.97. The predicted octanol–water partition coefficient (Wildman–Crippen LogP) is 1.30. The van der Waals surface area contributed by atoms with Crippen molar-refractivity contribution in [1.29, 1.82) is 0 Å². The second-order valence-electron chi connectivity index (χ2n) is 11.0. The smallest absolute Gasteiger partial charge is 0.417 e. The summed E-state index contributed by atoms with van der Waals surface area (Å²) in [5, 5.41) is 7.90. The van der Waals surface area contributed by atoms with Gasteiger partial charge in [-0.1, -0.05) is 0 Å². The van der Waals surface area contributed by atoms with Gasteiger partial charge in [0.05, 0.1) is 39.5 Å². The van der Waals surface area contributed by atoms with Crippen LogP contribution in [-0.2, 0) is 95.0 Å². The van der Waals surface area contributed by atoms with Crippen molar-refractivity contribution in [2.24, 2.45) is 14.1 Å². The summed E-state index contributed by atoms with van der Waals surface area (Å²) in [6.45, 7) is 10.8. The standard InChI is InChI=1S/C10H16N2O4.C9H14O6.C8H10N2O3.C6H10O4.C5H10O3/c1-5-16-9(13)8-6-7(11-12(8)2)10(14-3)15-4;1-4-15-8(12)6(10)5-7(11)9(13-2)14-3;1-3-13-8(12)7-4-6(5-11)9-10(7)2;1-3-9-5(7)6(8)10-4-2;1-4(6)5(7-2)8-3/h6,10H,5H2,1-4H3;9H,4-5H2,1-3H3;4-5H,3H2,1-2H3;3-4H2,1-2H3;5H,1-3H3. The maximum atomic E-state index is 11.5. The number of nitrogens with zero attached hydrogens (tertiary/aromatic N) is 4. The Morgan fingerprint density at radius 2 is 0.952 bits per heavy atom. The molecule has 24 nitrogen and oxygen atoms in total. The van der Waals surface area contributed by atoms with Crippen LogP contribution in [0.3, 0.4) is 0 Å². The highest BCUT2D eigenvalue weighted by Crippen LogP contribution is 2.17. The maximum Gasteiger partial charge on any atom is 0.417 e. The average molecular weight is 893 g/mol. The highest BCUT2D eigenvalue weighted by Gasteiger charge is 2.25. The van der Waals surface area contributed by atoms with E-state index in [0.29, 0.717) is 30.9 Å². The quantitative estimate of drug-likeness (QED) is 0.0452. The van der Waals surface area contributed by atoms with E-state index < -0.39 is 66.7 Å². The Hall–Kier alpha value is -5.79. The van der Waals surface area contributed by atoms with Crippen molar-refractivity contribution in [3.05, 3.63) is 34.9 Å². The molecule has 0 saturated heterocycles. The van der Waals surface area contributed by atoms with Gasteiger partial charge in [-0.15, -0.1) is 0 Å². The van der Waals surface area contributed by atoms with Crippen molar-refractivity contribution in [2.45, 2.75) is 66.8 Å². The van der Waals surface area contributed by atoms with Gasteiger partial charge in [0.2, 0.25) is 24.7 Å². The molecule has 0 unspecified atom stereocenters. The molecule has 0 fully saturated rings. The first-order valence-electron chi connectivity index (χ1n) is 18.4. The number of ketones is 3. The lowest BCUT2D eigenvalue weighted by molar-refractivity contribution is -0.167. The third kappa shape index (κ3) is 24.5. The Labute approximate surface area is 359 Å². The van der Waals surface area contributed by atoms with Crippen molar-refractivity contribution in [1.82, 2.24) is 19.6 Å². The van der Waals surface area contributed by atoms with Crippen molar-refractivity contribution in [2.75, 3.05) is 75.7 Å². The summed E-state index contributed by atoms with van der Waals surface area (Å²) in [6.07, 6.45) is -2.37.